The molecule has 4 N–H and O–H groups in total. The zero-order chi connectivity index (χ0) is 16.2. The molecular weight excluding hydrogens is 300 g/mol. The number of sulfone groups is 1. The Morgan fingerprint density at radius 1 is 0.955 bits per heavy atom. The van der Waals surface area contributed by atoms with Gasteiger partial charge in [0.05, 0.1) is 16.0 Å². The third kappa shape index (κ3) is 3.70. The van der Waals surface area contributed by atoms with Gasteiger partial charge in [-0.05, 0) is 36.8 Å². The van der Waals surface area contributed by atoms with E-state index in [1.54, 1.807) is 36.4 Å². The van der Waals surface area contributed by atoms with E-state index in [-0.39, 0.29) is 15.8 Å². The molecule has 0 heterocycles. The van der Waals surface area contributed by atoms with Crippen LogP contribution in [0, 0.1) is 6.92 Å². The van der Waals surface area contributed by atoms with Crippen molar-refractivity contribution in [1.29, 1.82) is 0 Å². The molecule has 0 radical (unpaired) electrons. The fourth-order valence-corrected chi connectivity index (χ4v) is 3.01. The monoisotopic (exact) mass is 316 g/mol. The van der Waals surface area contributed by atoms with Gasteiger partial charge in [-0.15, -0.1) is 5.10 Å². The highest BCUT2D eigenvalue weighted by molar-refractivity contribution is 7.91. The van der Waals surface area contributed by atoms with Gasteiger partial charge in [0, 0.05) is 0 Å². The lowest BCUT2D eigenvalue weighted by Gasteiger charge is -2.05. The van der Waals surface area contributed by atoms with E-state index in [0.29, 0.717) is 5.56 Å². The maximum atomic E-state index is 12.5. The van der Waals surface area contributed by atoms with Gasteiger partial charge in [-0.2, -0.15) is 5.10 Å². The van der Waals surface area contributed by atoms with Crippen LogP contribution in [0.15, 0.2) is 68.5 Å². The predicted octanol–water partition coefficient (Wildman–Crippen LogP) is 1.44. The first kappa shape index (κ1) is 15.7. The average molecular weight is 316 g/mol. The number of nitrogens with two attached hydrogens (primary N) is 2. The fourth-order valence-electron chi connectivity index (χ4n) is 1.75. The summed E-state index contributed by atoms with van der Waals surface area (Å²) in [7, 11) is -3.52. The molecule has 2 rings (SSSR count). The van der Waals surface area contributed by atoms with E-state index in [4.69, 9.17) is 11.5 Å². The number of guanidine groups is 1. The molecule has 0 bridgehead atoms. The summed E-state index contributed by atoms with van der Waals surface area (Å²) in [5, 5.41) is 7.13. The zero-order valence-corrected chi connectivity index (χ0v) is 12.8. The van der Waals surface area contributed by atoms with E-state index < -0.39 is 9.84 Å². The SMILES string of the molecule is Cc1ccc(S(=O)(=O)c2ccc(C=NN=C(N)N)cc2)cc1. The Kier molecular flexibility index (Phi) is 4.57. The van der Waals surface area contributed by atoms with Gasteiger partial charge in [0.15, 0.2) is 0 Å². The first-order valence-corrected chi connectivity index (χ1v) is 7.92. The third-order valence-corrected chi connectivity index (χ3v) is 4.69. The van der Waals surface area contributed by atoms with Crippen LogP contribution in [0.4, 0.5) is 0 Å². The molecule has 22 heavy (non-hydrogen) atoms. The fraction of sp³-hybridized carbons (Fsp3) is 0.0667. The van der Waals surface area contributed by atoms with Gasteiger partial charge in [0.1, 0.15) is 0 Å². The van der Waals surface area contributed by atoms with Crippen molar-refractivity contribution in [3.8, 4) is 0 Å². The van der Waals surface area contributed by atoms with E-state index in [1.165, 1.54) is 18.3 Å². The van der Waals surface area contributed by atoms with Crippen LogP contribution in [0.5, 0.6) is 0 Å². The zero-order valence-electron chi connectivity index (χ0n) is 12.0. The summed E-state index contributed by atoms with van der Waals surface area (Å²) >= 11 is 0. The Morgan fingerprint density at radius 2 is 1.45 bits per heavy atom. The van der Waals surface area contributed by atoms with Gasteiger partial charge >= 0.3 is 0 Å². The maximum Gasteiger partial charge on any atom is 0.211 e. The van der Waals surface area contributed by atoms with Crippen molar-refractivity contribution in [3.05, 3.63) is 59.7 Å². The van der Waals surface area contributed by atoms with Crippen molar-refractivity contribution in [2.75, 3.05) is 0 Å². The Hall–Kier alpha value is -2.67. The molecule has 0 saturated heterocycles. The minimum Gasteiger partial charge on any atom is -0.369 e. The first-order chi connectivity index (χ1) is 10.4. The van der Waals surface area contributed by atoms with E-state index >= 15 is 0 Å². The van der Waals surface area contributed by atoms with Crippen LogP contribution in [0.3, 0.4) is 0 Å². The van der Waals surface area contributed by atoms with Crippen molar-refractivity contribution in [1.82, 2.24) is 0 Å². The van der Waals surface area contributed by atoms with Gasteiger partial charge < -0.3 is 11.5 Å². The second-order valence-electron chi connectivity index (χ2n) is 4.65. The average Bonchev–Trinajstić information content (AvgIpc) is 2.48. The molecule has 0 aliphatic carbocycles. The van der Waals surface area contributed by atoms with Gasteiger partial charge in [-0.25, -0.2) is 8.42 Å². The van der Waals surface area contributed by atoms with Crippen molar-refractivity contribution in [3.63, 3.8) is 0 Å². The molecule has 0 spiro atoms. The smallest absolute Gasteiger partial charge is 0.211 e. The largest absolute Gasteiger partial charge is 0.369 e. The van der Waals surface area contributed by atoms with Crippen LogP contribution >= 0.6 is 0 Å². The molecule has 0 saturated carbocycles. The molecule has 0 fully saturated rings. The van der Waals surface area contributed by atoms with Crippen molar-refractivity contribution in [2.24, 2.45) is 21.7 Å². The van der Waals surface area contributed by atoms with Gasteiger partial charge in [-0.1, -0.05) is 29.8 Å². The lowest BCUT2D eigenvalue weighted by Crippen LogP contribution is -2.21. The van der Waals surface area contributed by atoms with Crippen LogP contribution in [0.1, 0.15) is 11.1 Å². The lowest BCUT2D eigenvalue weighted by molar-refractivity contribution is 0.596. The number of rotatable bonds is 4. The molecule has 0 amide bonds. The first-order valence-electron chi connectivity index (χ1n) is 6.43. The summed E-state index contributed by atoms with van der Waals surface area (Å²) in [5.74, 6) is -0.144. The van der Waals surface area contributed by atoms with Crippen molar-refractivity contribution in [2.45, 2.75) is 16.7 Å². The van der Waals surface area contributed by atoms with E-state index in [0.717, 1.165) is 5.56 Å². The van der Waals surface area contributed by atoms with Gasteiger partial charge in [0.25, 0.3) is 0 Å². The molecule has 0 aliphatic rings. The lowest BCUT2D eigenvalue weighted by atomic mass is 10.2. The van der Waals surface area contributed by atoms with E-state index in [9.17, 15) is 8.42 Å². The third-order valence-electron chi connectivity index (χ3n) is 2.90. The van der Waals surface area contributed by atoms with Crippen LogP contribution < -0.4 is 11.5 Å². The molecule has 0 unspecified atom stereocenters. The summed E-state index contributed by atoms with van der Waals surface area (Å²) < 4.78 is 24.9. The molecule has 7 heteroatoms. The molecule has 2 aromatic rings. The van der Waals surface area contributed by atoms with Gasteiger partial charge in [-0.3, -0.25) is 0 Å². The molecular formula is C15H16N4O2S. The molecule has 6 nitrogen and oxygen atoms in total. The molecule has 0 atom stereocenters. The molecule has 114 valence electrons. The summed E-state index contributed by atoms with van der Waals surface area (Å²) in [4.78, 5) is 0.482. The quantitative estimate of drug-likeness (QED) is 0.505. The van der Waals surface area contributed by atoms with Crippen LogP contribution in [0.2, 0.25) is 0 Å². The van der Waals surface area contributed by atoms with Crippen LogP contribution in [-0.2, 0) is 9.84 Å². The Balaban J connectivity index is 2.28. The highest BCUT2D eigenvalue weighted by Gasteiger charge is 2.16. The number of nitrogens with zero attached hydrogens (tertiary/aromatic N) is 2. The second-order valence-corrected chi connectivity index (χ2v) is 6.60. The summed E-state index contributed by atoms with van der Waals surface area (Å²) in [5.41, 5.74) is 12.0. The Bertz CT molecular complexity index is 804. The van der Waals surface area contributed by atoms with Crippen LogP contribution in [0.25, 0.3) is 0 Å². The maximum absolute atomic E-state index is 12.5. The Labute approximate surface area is 129 Å². The summed E-state index contributed by atoms with van der Waals surface area (Å²) in [6, 6.07) is 13.0. The second kappa shape index (κ2) is 6.40. The summed E-state index contributed by atoms with van der Waals surface area (Å²) in [6.45, 7) is 1.90. The molecule has 2 aromatic carbocycles. The topological polar surface area (TPSA) is 111 Å². The van der Waals surface area contributed by atoms with E-state index in [2.05, 4.69) is 10.2 Å². The number of hydrogen-bond donors (Lipinski definition) is 2. The van der Waals surface area contributed by atoms with E-state index in [1.807, 2.05) is 6.92 Å². The normalized spacial score (nSPS) is 11.5. The van der Waals surface area contributed by atoms with Crippen LogP contribution in [-0.4, -0.2) is 20.6 Å². The molecule has 0 aliphatic heterocycles. The van der Waals surface area contributed by atoms with Gasteiger partial charge in [0.2, 0.25) is 15.8 Å². The summed E-state index contributed by atoms with van der Waals surface area (Å²) in [6.07, 6.45) is 1.43. The minimum atomic E-state index is -3.52. The highest BCUT2D eigenvalue weighted by Crippen LogP contribution is 2.21. The molecule has 0 aromatic heterocycles. The standard InChI is InChI=1S/C15H16N4O2S/c1-11-2-6-13(7-3-11)22(20,21)14-8-4-12(5-9-14)10-18-19-15(16)17/h2-10H,1H3,(H4,16,17,19). The van der Waals surface area contributed by atoms with Crippen molar-refractivity contribution >= 4 is 22.0 Å². The number of hydrogen-bond acceptors (Lipinski definition) is 4. The minimum absolute atomic E-state index is 0.144. The Morgan fingerprint density at radius 3 is 1.95 bits per heavy atom. The number of benzene rings is 2. The van der Waals surface area contributed by atoms with Crippen molar-refractivity contribution < 1.29 is 8.42 Å². The predicted molar refractivity (Wildman–Crippen MR) is 86.5 cm³/mol. The highest BCUT2D eigenvalue weighted by atomic mass is 32.2. The number of aryl methyl sites for hydroxylation is 1.